The zero-order valence-corrected chi connectivity index (χ0v) is 18.7. The zero-order valence-electron chi connectivity index (χ0n) is 17.2. The van der Waals surface area contributed by atoms with Crippen LogP contribution < -0.4 is 9.64 Å². The number of aliphatic hydroxyl groups excluding tert-OH is 1. The van der Waals surface area contributed by atoms with Crippen LogP contribution in [0.15, 0.2) is 66.4 Å². The minimum Gasteiger partial charge on any atom is -0.507 e. The molecule has 0 radical (unpaired) electrons. The van der Waals surface area contributed by atoms with Crippen LogP contribution in [0, 0.1) is 6.92 Å². The molecule has 0 saturated carbocycles. The molecule has 1 aliphatic rings. The molecule has 1 N–H and O–H groups in total. The van der Waals surface area contributed by atoms with Gasteiger partial charge in [-0.25, -0.2) is 0 Å². The first kappa shape index (κ1) is 21.9. The molecule has 8 heteroatoms. The first-order chi connectivity index (χ1) is 15.3. The lowest BCUT2D eigenvalue weighted by Gasteiger charge is -2.26. The van der Waals surface area contributed by atoms with Crippen molar-refractivity contribution in [3.05, 3.63) is 93.2 Å². The number of para-hydroxylation sites is 1. The molecule has 162 valence electrons. The predicted molar refractivity (Wildman–Crippen MR) is 123 cm³/mol. The zero-order chi connectivity index (χ0) is 23.0. The second kappa shape index (κ2) is 8.65. The summed E-state index contributed by atoms with van der Waals surface area (Å²) in [6, 6.07) is 14.3. The van der Waals surface area contributed by atoms with Gasteiger partial charge in [-0.05, 0) is 42.8 Å². The van der Waals surface area contributed by atoms with Crippen LogP contribution in [-0.2, 0) is 9.59 Å². The van der Waals surface area contributed by atoms with Crippen LogP contribution in [0.3, 0.4) is 0 Å². The minimum atomic E-state index is -0.959. The van der Waals surface area contributed by atoms with Gasteiger partial charge in [0.15, 0.2) is 0 Å². The van der Waals surface area contributed by atoms with E-state index in [2.05, 4.69) is 4.98 Å². The number of carbonyl (C=O) groups excluding carboxylic acids is 2. The number of hydrogen-bond acceptors (Lipinski definition) is 5. The summed E-state index contributed by atoms with van der Waals surface area (Å²) in [6.45, 7) is 1.84. The van der Waals surface area contributed by atoms with Crippen LogP contribution in [0.1, 0.15) is 22.9 Å². The molecule has 0 aliphatic carbocycles. The maximum atomic E-state index is 13.2. The number of ether oxygens (including phenoxy) is 1. The number of anilines is 1. The van der Waals surface area contributed by atoms with Crippen molar-refractivity contribution < 1.29 is 19.4 Å². The summed E-state index contributed by atoms with van der Waals surface area (Å²) in [6.07, 6.45) is 1.56. The molecule has 32 heavy (non-hydrogen) atoms. The molecule has 6 nitrogen and oxygen atoms in total. The Morgan fingerprint density at radius 2 is 1.81 bits per heavy atom. The van der Waals surface area contributed by atoms with E-state index in [4.69, 9.17) is 27.9 Å². The summed E-state index contributed by atoms with van der Waals surface area (Å²) in [5, 5.41) is 11.7. The molecule has 1 unspecified atom stereocenters. The minimum absolute atomic E-state index is 0.105. The molecule has 3 aromatic rings. The molecule has 1 fully saturated rings. The number of rotatable bonds is 4. The highest BCUT2D eigenvalue weighted by Gasteiger charge is 2.48. The first-order valence-electron chi connectivity index (χ1n) is 9.66. The van der Waals surface area contributed by atoms with Gasteiger partial charge in [-0.2, -0.15) is 0 Å². The number of nitrogens with zero attached hydrogens (tertiary/aromatic N) is 2. The largest absolute Gasteiger partial charge is 0.507 e. The number of aromatic nitrogens is 1. The fourth-order valence-corrected chi connectivity index (χ4v) is 4.39. The number of methoxy groups -OCH3 is 1. The van der Waals surface area contributed by atoms with E-state index < -0.39 is 23.5 Å². The number of aliphatic hydroxyl groups is 1. The molecule has 4 rings (SSSR count). The van der Waals surface area contributed by atoms with Crippen molar-refractivity contribution in [1.82, 2.24) is 4.98 Å². The molecule has 1 aliphatic heterocycles. The van der Waals surface area contributed by atoms with Gasteiger partial charge in [-0.1, -0.05) is 47.5 Å². The number of pyridine rings is 1. The van der Waals surface area contributed by atoms with Crippen LogP contribution in [0.5, 0.6) is 5.75 Å². The third-order valence-corrected chi connectivity index (χ3v) is 5.75. The SMILES string of the molecule is COc1c(Cl)cc(Cl)cc1/C(O)=C1\C(=O)C(=O)N(c2ccccc2C)C1c1ccccn1. The second-order valence-electron chi connectivity index (χ2n) is 7.18. The van der Waals surface area contributed by atoms with Gasteiger partial charge in [0.25, 0.3) is 11.7 Å². The lowest BCUT2D eigenvalue weighted by Crippen LogP contribution is -2.30. The Hall–Kier alpha value is -3.35. The predicted octanol–water partition coefficient (Wildman–Crippen LogP) is 5.33. The van der Waals surface area contributed by atoms with Crippen LogP contribution in [-0.4, -0.2) is 28.9 Å². The Morgan fingerprint density at radius 3 is 2.47 bits per heavy atom. The van der Waals surface area contributed by atoms with E-state index in [0.29, 0.717) is 11.4 Å². The molecule has 2 heterocycles. The summed E-state index contributed by atoms with van der Waals surface area (Å²) in [4.78, 5) is 32.1. The van der Waals surface area contributed by atoms with Gasteiger partial charge in [0, 0.05) is 16.9 Å². The third-order valence-electron chi connectivity index (χ3n) is 5.25. The van der Waals surface area contributed by atoms with Crippen molar-refractivity contribution >= 4 is 46.3 Å². The van der Waals surface area contributed by atoms with Gasteiger partial charge >= 0.3 is 0 Å². The van der Waals surface area contributed by atoms with Crippen LogP contribution in [0.4, 0.5) is 5.69 Å². The number of halogens is 2. The maximum absolute atomic E-state index is 13.2. The highest BCUT2D eigenvalue weighted by molar-refractivity contribution is 6.52. The van der Waals surface area contributed by atoms with E-state index in [1.165, 1.54) is 24.1 Å². The molecule has 1 amide bonds. The first-order valence-corrected chi connectivity index (χ1v) is 10.4. The summed E-state index contributed by atoms with van der Waals surface area (Å²) < 4.78 is 5.34. The third kappa shape index (κ3) is 3.61. The normalized spacial score (nSPS) is 17.6. The molecule has 0 spiro atoms. The van der Waals surface area contributed by atoms with E-state index in [9.17, 15) is 14.7 Å². The highest BCUT2D eigenvalue weighted by atomic mass is 35.5. The van der Waals surface area contributed by atoms with E-state index in [1.807, 2.05) is 19.1 Å². The Bertz CT molecular complexity index is 1260. The van der Waals surface area contributed by atoms with Gasteiger partial charge in [-0.15, -0.1) is 0 Å². The molecule has 1 atom stereocenters. The quantitative estimate of drug-likeness (QED) is 0.317. The van der Waals surface area contributed by atoms with Gasteiger partial charge in [0.2, 0.25) is 0 Å². The molecule has 1 aromatic heterocycles. The van der Waals surface area contributed by atoms with Crippen molar-refractivity contribution in [1.29, 1.82) is 0 Å². The van der Waals surface area contributed by atoms with Crippen LogP contribution >= 0.6 is 23.2 Å². The molecule has 2 aromatic carbocycles. The van der Waals surface area contributed by atoms with Crippen LogP contribution in [0.25, 0.3) is 5.76 Å². The highest BCUT2D eigenvalue weighted by Crippen LogP contribution is 2.44. The fraction of sp³-hybridized carbons (Fsp3) is 0.125. The van der Waals surface area contributed by atoms with E-state index >= 15 is 0 Å². The average Bonchev–Trinajstić information content (AvgIpc) is 3.04. The number of Topliss-reactive ketones (excluding diaryl/α,β-unsaturated/α-hetero) is 1. The Balaban J connectivity index is 2.02. The number of ketones is 1. The van der Waals surface area contributed by atoms with Crippen molar-refractivity contribution in [3.8, 4) is 5.75 Å². The lowest BCUT2D eigenvalue weighted by molar-refractivity contribution is -0.132. The molecular formula is C24H18Cl2N2O4. The summed E-state index contributed by atoms with van der Waals surface area (Å²) in [7, 11) is 1.38. The topological polar surface area (TPSA) is 79.7 Å². The molecular weight excluding hydrogens is 451 g/mol. The molecule has 1 saturated heterocycles. The van der Waals surface area contributed by atoms with Gasteiger partial charge in [0.1, 0.15) is 17.6 Å². The fourth-order valence-electron chi connectivity index (χ4n) is 3.82. The van der Waals surface area contributed by atoms with Crippen molar-refractivity contribution in [2.24, 2.45) is 0 Å². The lowest BCUT2D eigenvalue weighted by atomic mass is 9.97. The van der Waals surface area contributed by atoms with Gasteiger partial charge in [-0.3, -0.25) is 19.5 Å². The Kier molecular flexibility index (Phi) is 5.91. The van der Waals surface area contributed by atoms with Crippen molar-refractivity contribution in [2.75, 3.05) is 12.0 Å². The standard InChI is InChI=1S/C24H18Cl2N2O4/c1-13-7-3-4-9-18(13)28-20(17-8-5-6-10-27-17)19(22(30)24(28)31)21(29)15-11-14(25)12-16(26)23(15)32-2/h3-12,20,29H,1-2H3/b21-19+. The smallest absolute Gasteiger partial charge is 0.300 e. The summed E-state index contributed by atoms with van der Waals surface area (Å²) in [5.41, 5.74) is 1.73. The van der Waals surface area contributed by atoms with E-state index in [1.54, 1.807) is 36.5 Å². The Labute approximate surface area is 194 Å². The number of aryl methyl sites for hydroxylation is 1. The van der Waals surface area contributed by atoms with Gasteiger partial charge < -0.3 is 9.84 Å². The second-order valence-corrected chi connectivity index (χ2v) is 8.02. The number of benzene rings is 2. The van der Waals surface area contributed by atoms with Crippen LogP contribution in [0.2, 0.25) is 10.0 Å². The summed E-state index contributed by atoms with van der Waals surface area (Å²) in [5.74, 6) is -1.94. The number of hydrogen-bond donors (Lipinski definition) is 1. The number of amides is 1. The summed E-state index contributed by atoms with van der Waals surface area (Å²) >= 11 is 12.4. The van der Waals surface area contributed by atoms with E-state index in [-0.39, 0.29) is 26.9 Å². The molecule has 0 bridgehead atoms. The average molecular weight is 469 g/mol. The van der Waals surface area contributed by atoms with E-state index in [0.717, 1.165) is 5.56 Å². The van der Waals surface area contributed by atoms with Crippen molar-refractivity contribution in [3.63, 3.8) is 0 Å². The maximum Gasteiger partial charge on any atom is 0.300 e. The number of carbonyl (C=O) groups is 2. The Morgan fingerprint density at radius 1 is 1.09 bits per heavy atom. The monoisotopic (exact) mass is 468 g/mol. The van der Waals surface area contributed by atoms with Crippen molar-refractivity contribution in [2.45, 2.75) is 13.0 Å². The van der Waals surface area contributed by atoms with Gasteiger partial charge in [0.05, 0.1) is 29.0 Å².